The summed E-state index contributed by atoms with van der Waals surface area (Å²) in [4.78, 5) is 14.8. The van der Waals surface area contributed by atoms with Crippen LogP contribution < -0.4 is 0 Å². The van der Waals surface area contributed by atoms with Crippen molar-refractivity contribution in [2.45, 2.75) is 109 Å². The fourth-order valence-corrected chi connectivity index (χ4v) is 8.73. The number of nitrogens with zero attached hydrogens (tertiary/aromatic N) is 6. The SMILES string of the molecule is Cc1ccc2c(c1)C(CCCCCCN(CCCN(C)C)CCCN(C)C)(CCCCCCN(CCCN(C)C)CCCN(C)C)c1cc(C)ccc1-2. The van der Waals surface area contributed by atoms with Crippen LogP contribution in [0.25, 0.3) is 11.1 Å². The lowest BCUT2D eigenvalue weighted by atomic mass is 9.70. The summed E-state index contributed by atoms with van der Waals surface area (Å²) >= 11 is 0. The van der Waals surface area contributed by atoms with Gasteiger partial charge in [-0.15, -0.1) is 0 Å². The first-order valence-electron chi connectivity index (χ1n) is 21.7. The van der Waals surface area contributed by atoms with Crippen molar-refractivity contribution in [3.8, 4) is 11.1 Å². The van der Waals surface area contributed by atoms with Gasteiger partial charge in [-0.2, -0.15) is 0 Å². The van der Waals surface area contributed by atoms with Crippen molar-refractivity contribution < 1.29 is 0 Å². The van der Waals surface area contributed by atoms with E-state index in [1.165, 1.54) is 178 Å². The van der Waals surface area contributed by atoms with Crippen molar-refractivity contribution in [3.05, 3.63) is 58.7 Å². The van der Waals surface area contributed by atoms with Gasteiger partial charge in [-0.05, 0) is 209 Å². The first-order valence-corrected chi connectivity index (χ1v) is 21.7. The molecule has 0 aromatic heterocycles. The highest BCUT2D eigenvalue weighted by Gasteiger charge is 2.42. The normalized spacial score (nSPS) is 13.8. The highest BCUT2D eigenvalue weighted by molar-refractivity contribution is 5.81. The summed E-state index contributed by atoms with van der Waals surface area (Å²) in [5.41, 5.74) is 9.22. The van der Waals surface area contributed by atoms with Crippen LogP contribution in [0.5, 0.6) is 0 Å². The predicted molar refractivity (Wildman–Crippen MR) is 234 cm³/mol. The molecule has 2 aromatic carbocycles. The maximum atomic E-state index is 2.75. The third-order valence-electron chi connectivity index (χ3n) is 11.6. The Morgan fingerprint density at radius 3 is 0.981 bits per heavy atom. The molecule has 53 heavy (non-hydrogen) atoms. The highest BCUT2D eigenvalue weighted by Crippen LogP contribution is 2.54. The first kappa shape index (κ1) is 45.6. The maximum absolute atomic E-state index is 2.75. The van der Waals surface area contributed by atoms with Crippen molar-refractivity contribution >= 4 is 0 Å². The first-order chi connectivity index (χ1) is 25.4. The molecule has 6 heteroatoms. The Bertz CT molecular complexity index is 1140. The number of hydrogen-bond acceptors (Lipinski definition) is 6. The zero-order valence-corrected chi connectivity index (χ0v) is 36.6. The lowest BCUT2D eigenvalue weighted by Gasteiger charge is -2.33. The summed E-state index contributed by atoms with van der Waals surface area (Å²) in [7, 11) is 17.6. The van der Waals surface area contributed by atoms with Gasteiger partial charge in [0.2, 0.25) is 0 Å². The number of benzene rings is 2. The van der Waals surface area contributed by atoms with E-state index in [1.54, 1.807) is 11.1 Å². The van der Waals surface area contributed by atoms with Crippen LogP contribution >= 0.6 is 0 Å². The van der Waals surface area contributed by atoms with E-state index < -0.39 is 0 Å². The molecular weight excluding hydrogens is 649 g/mol. The number of hydrogen-bond donors (Lipinski definition) is 0. The Labute approximate surface area is 329 Å². The highest BCUT2D eigenvalue weighted by atomic mass is 15.1. The summed E-state index contributed by atoms with van der Waals surface area (Å²) in [6.07, 6.45) is 18.3. The second kappa shape index (κ2) is 24.7. The molecule has 0 spiro atoms. The van der Waals surface area contributed by atoms with Gasteiger partial charge in [0.1, 0.15) is 0 Å². The van der Waals surface area contributed by atoms with Gasteiger partial charge in [0.25, 0.3) is 0 Å². The molecule has 0 fully saturated rings. The van der Waals surface area contributed by atoms with E-state index in [9.17, 15) is 0 Å². The van der Waals surface area contributed by atoms with Gasteiger partial charge in [0.05, 0.1) is 0 Å². The van der Waals surface area contributed by atoms with E-state index >= 15 is 0 Å². The maximum Gasteiger partial charge on any atom is 0.0215 e. The molecule has 6 nitrogen and oxygen atoms in total. The van der Waals surface area contributed by atoms with Crippen LogP contribution in [0, 0.1) is 13.8 Å². The van der Waals surface area contributed by atoms with Gasteiger partial charge in [-0.25, -0.2) is 0 Å². The monoisotopic (exact) mass is 733 g/mol. The lowest BCUT2D eigenvalue weighted by molar-refractivity contribution is 0.235. The zero-order chi connectivity index (χ0) is 38.6. The largest absolute Gasteiger partial charge is 0.309 e. The van der Waals surface area contributed by atoms with E-state index in [-0.39, 0.29) is 5.41 Å². The van der Waals surface area contributed by atoms with Gasteiger partial charge in [-0.1, -0.05) is 86.1 Å². The summed E-state index contributed by atoms with van der Waals surface area (Å²) in [6, 6.07) is 14.7. The summed E-state index contributed by atoms with van der Waals surface area (Å²) < 4.78 is 0. The third-order valence-corrected chi connectivity index (χ3v) is 11.6. The average Bonchev–Trinajstić information content (AvgIpc) is 3.34. The van der Waals surface area contributed by atoms with Crippen LogP contribution in [-0.2, 0) is 5.41 Å². The number of unbranched alkanes of at least 4 members (excludes halogenated alkanes) is 6. The standard InChI is InChI=1S/C47H84N6/c1-41-23-25-43-44-26-24-42(2)40-46(44)47(45(43)39-41,27-15-11-13-17-33-52(35-19-29-48(3)4)36-20-30-49(5)6)28-16-12-14-18-34-53(37-21-31-50(7)8)38-22-32-51(9)10/h23-26,39-40H,11-22,27-38H2,1-10H3. The van der Waals surface area contributed by atoms with Crippen LogP contribution in [-0.4, -0.2) is 151 Å². The second-order valence-electron chi connectivity index (χ2n) is 17.8. The van der Waals surface area contributed by atoms with Crippen molar-refractivity contribution in [2.24, 2.45) is 0 Å². The Morgan fingerprint density at radius 1 is 0.358 bits per heavy atom. The molecule has 0 radical (unpaired) electrons. The molecule has 0 amide bonds. The Kier molecular flexibility index (Phi) is 21.2. The molecule has 1 aliphatic rings. The molecule has 3 rings (SSSR count). The number of rotatable bonds is 30. The Hall–Kier alpha value is -1.80. The van der Waals surface area contributed by atoms with Gasteiger partial charge >= 0.3 is 0 Å². The Morgan fingerprint density at radius 2 is 0.660 bits per heavy atom. The topological polar surface area (TPSA) is 19.4 Å². The minimum absolute atomic E-state index is 0.150. The molecule has 0 N–H and O–H groups in total. The van der Waals surface area contributed by atoms with E-state index in [0.29, 0.717) is 0 Å². The molecule has 0 atom stereocenters. The van der Waals surface area contributed by atoms with Crippen LogP contribution in [0.15, 0.2) is 36.4 Å². The average molecular weight is 733 g/mol. The minimum Gasteiger partial charge on any atom is -0.309 e. The van der Waals surface area contributed by atoms with Gasteiger partial charge in [-0.3, -0.25) is 0 Å². The van der Waals surface area contributed by atoms with E-state index in [2.05, 4.69) is 136 Å². The van der Waals surface area contributed by atoms with E-state index in [4.69, 9.17) is 0 Å². The van der Waals surface area contributed by atoms with Crippen molar-refractivity contribution in [1.29, 1.82) is 0 Å². The zero-order valence-electron chi connectivity index (χ0n) is 36.6. The molecule has 302 valence electrons. The van der Waals surface area contributed by atoms with Crippen molar-refractivity contribution in [2.75, 3.05) is 122 Å². The summed E-state index contributed by atoms with van der Waals surface area (Å²) in [5, 5.41) is 0. The van der Waals surface area contributed by atoms with Crippen molar-refractivity contribution in [1.82, 2.24) is 29.4 Å². The molecular formula is C47H84N6. The fourth-order valence-electron chi connectivity index (χ4n) is 8.73. The second-order valence-corrected chi connectivity index (χ2v) is 17.8. The van der Waals surface area contributed by atoms with Gasteiger partial charge in [0.15, 0.2) is 0 Å². The quantitative estimate of drug-likeness (QED) is 0.0743. The Balaban J connectivity index is 1.61. The summed E-state index contributed by atoms with van der Waals surface area (Å²) in [6.45, 7) is 16.7. The molecule has 0 unspecified atom stereocenters. The molecule has 0 aliphatic heterocycles. The third kappa shape index (κ3) is 16.5. The molecule has 1 aliphatic carbocycles. The fraction of sp³-hybridized carbons (Fsp3) is 0.745. The van der Waals surface area contributed by atoms with E-state index in [0.717, 1.165) is 0 Å². The van der Waals surface area contributed by atoms with Crippen LogP contribution in [0.4, 0.5) is 0 Å². The summed E-state index contributed by atoms with van der Waals surface area (Å²) in [5.74, 6) is 0. The molecule has 2 aromatic rings. The molecule has 0 saturated heterocycles. The van der Waals surface area contributed by atoms with Gasteiger partial charge in [0, 0.05) is 5.41 Å². The minimum atomic E-state index is 0.150. The molecule has 0 heterocycles. The van der Waals surface area contributed by atoms with Gasteiger partial charge < -0.3 is 29.4 Å². The predicted octanol–water partition coefficient (Wildman–Crippen LogP) is 8.88. The van der Waals surface area contributed by atoms with Crippen LogP contribution in [0.2, 0.25) is 0 Å². The smallest absolute Gasteiger partial charge is 0.0215 e. The van der Waals surface area contributed by atoms with E-state index in [1.807, 2.05) is 0 Å². The lowest BCUT2D eigenvalue weighted by Crippen LogP contribution is -2.31. The van der Waals surface area contributed by atoms with Crippen LogP contribution in [0.1, 0.15) is 112 Å². The van der Waals surface area contributed by atoms with Crippen molar-refractivity contribution in [3.63, 3.8) is 0 Å². The molecule has 0 saturated carbocycles. The number of fused-ring (bicyclic) bond motifs is 3. The molecule has 0 bridgehead atoms. The number of aryl methyl sites for hydroxylation is 2. The van der Waals surface area contributed by atoms with Crippen LogP contribution in [0.3, 0.4) is 0 Å².